The van der Waals surface area contributed by atoms with Crippen molar-refractivity contribution in [2.75, 3.05) is 13.2 Å². The minimum absolute atomic E-state index is 0.131. The highest BCUT2D eigenvalue weighted by Gasteiger charge is 2.45. The fraction of sp³-hybridized carbons (Fsp3) is 0.467. The Balaban J connectivity index is 1.66. The number of carboxylic acid groups (broad SMARTS) is 1. The van der Waals surface area contributed by atoms with Gasteiger partial charge in [-0.2, -0.15) is 0 Å². The molecule has 0 bridgehead atoms. The largest absolute Gasteiger partial charge is 0.486 e. The Morgan fingerprint density at radius 2 is 1.90 bits per heavy atom. The van der Waals surface area contributed by atoms with Crippen LogP contribution in [0.4, 0.5) is 0 Å². The van der Waals surface area contributed by atoms with E-state index < -0.39 is 11.5 Å². The van der Waals surface area contributed by atoms with Gasteiger partial charge in [0.05, 0.1) is 6.42 Å². The van der Waals surface area contributed by atoms with Crippen LogP contribution in [-0.4, -0.2) is 35.7 Å². The Morgan fingerprint density at radius 1 is 1.19 bits per heavy atom. The maximum Gasteiger partial charge on any atom is 0.329 e. The minimum atomic E-state index is -1.06. The first-order chi connectivity index (χ1) is 10.1. The Labute approximate surface area is 122 Å². The Morgan fingerprint density at radius 3 is 2.52 bits per heavy atom. The average molecular weight is 291 g/mol. The van der Waals surface area contributed by atoms with Gasteiger partial charge in [0.2, 0.25) is 5.91 Å². The van der Waals surface area contributed by atoms with Crippen molar-refractivity contribution in [3.8, 4) is 11.5 Å². The predicted octanol–water partition coefficient (Wildman–Crippen LogP) is 1.12. The number of nitrogens with one attached hydrogen (secondary N) is 1. The van der Waals surface area contributed by atoms with Crippen molar-refractivity contribution >= 4 is 11.9 Å². The summed E-state index contributed by atoms with van der Waals surface area (Å²) in [6, 6.07) is 5.33. The highest BCUT2D eigenvalue weighted by Crippen LogP contribution is 2.33. The van der Waals surface area contributed by atoms with E-state index >= 15 is 0 Å². The molecule has 112 valence electrons. The number of aliphatic carboxylic acids is 1. The zero-order valence-electron chi connectivity index (χ0n) is 11.6. The molecule has 0 radical (unpaired) electrons. The van der Waals surface area contributed by atoms with E-state index in [0.29, 0.717) is 37.6 Å². The smallest absolute Gasteiger partial charge is 0.329 e. The van der Waals surface area contributed by atoms with Gasteiger partial charge in [0.25, 0.3) is 0 Å². The lowest BCUT2D eigenvalue weighted by Crippen LogP contribution is -2.59. The lowest BCUT2D eigenvalue weighted by molar-refractivity contribution is -0.151. The second-order valence-corrected chi connectivity index (χ2v) is 5.44. The van der Waals surface area contributed by atoms with E-state index in [9.17, 15) is 14.7 Å². The maximum atomic E-state index is 12.0. The van der Waals surface area contributed by atoms with Gasteiger partial charge in [-0.05, 0) is 37.0 Å². The molecule has 1 aromatic carbocycles. The summed E-state index contributed by atoms with van der Waals surface area (Å²) in [4.78, 5) is 23.3. The molecule has 0 spiro atoms. The van der Waals surface area contributed by atoms with Crippen LogP contribution in [0.25, 0.3) is 0 Å². The van der Waals surface area contributed by atoms with Crippen LogP contribution < -0.4 is 14.8 Å². The van der Waals surface area contributed by atoms with Crippen LogP contribution in [0.15, 0.2) is 18.2 Å². The van der Waals surface area contributed by atoms with Crippen LogP contribution in [0.1, 0.15) is 24.8 Å². The molecule has 1 amide bonds. The van der Waals surface area contributed by atoms with Crippen molar-refractivity contribution in [1.29, 1.82) is 0 Å². The molecule has 1 aliphatic heterocycles. The minimum Gasteiger partial charge on any atom is -0.486 e. The van der Waals surface area contributed by atoms with Crippen LogP contribution in [0.5, 0.6) is 11.5 Å². The molecule has 2 aliphatic rings. The third kappa shape index (κ3) is 2.66. The number of carbonyl (C=O) groups is 2. The third-order valence-corrected chi connectivity index (χ3v) is 3.97. The summed E-state index contributed by atoms with van der Waals surface area (Å²) < 4.78 is 10.9. The van der Waals surface area contributed by atoms with E-state index in [1.54, 1.807) is 18.2 Å². The number of ether oxygens (including phenoxy) is 2. The van der Waals surface area contributed by atoms with Crippen molar-refractivity contribution in [2.45, 2.75) is 31.2 Å². The fourth-order valence-corrected chi connectivity index (χ4v) is 2.62. The molecule has 1 fully saturated rings. The summed E-state index contributed by atoms with van der Waals surface area (Å²) in [6.07, 6.45) is 1.95. The van der Waals surface area contributed by atoms with Gasteiger partial charge in [-0.15, -0.1) is 0 Å². The zero-order chi connectivity index (χ0) is 14.9. The lowest BCUT2D eigenvalue weighted by Gasteiger charge is -2.38. The number of rotatable bonds is 4. The number of benzene rings is 1. The van der Waals surface area contributed by atoms with Crippen molar-refractivity contribution in [2.24, 2.45) is 0 Å². The van der Waals surface area contributed by atoms with Crippen LogP contribution in [-0.2, 0) is 16.0 Å². The summed E-state index contributed by atoms with van der Waals surface area (Å²) >= 11 is 0. The molecule has 3 rings (SSSR count). The molecule has 1 heterocycles. The van der Waals surface area contributed by atoms with Crippen molar-refractivity contribution in [3.05, 3.63) is 23.8 Å². The van der Waals surface area contributed by atoms with Crippen LogP contribution in [0.3, 0.4) is 0 Å². The maximum absolute atomic E-state index is 12.0. The monoisotopic (exact) mass is 291 g/mol. The number of fused-ring (bicyclic) bond motifs is 1. The van der Waals surface area contributed by atoms with E-state index in [1.165, 1.54) is 0 Å². The number of carbonyl (C=O) groups excluding carboxylic acids is 1. The molecule has 2 N–H and O–H groups in total. The average Bonchev–Trinajstić information content (AvgIpc) is 2.42. The van der Waals surface area contributed by atoms with E-state index in [2.05, 4.69) is 5.32 Å². The molecule has 21 heavy (non-hydrogen) atoms. The van der Waals surface area contributed by atoms with E-state index in [-0.39, 0.29) is 12.3 Å². The van der Waals surface area contributed by atoms with Crippen LogP contribution in [0, 0.1) is 0 Å². The zero-order valence-corrected chi connectivity index (χ0v) is 11.6. The summed E-state index contributed by atoms with van der Waals surface area (Å²) in [5.41, 5.74) is -0.290. The lowest BCUT2D eigenvalue weighted by atomic mass is 9.76. The van der Waals surface area contributed by atoms with Crippen molar-refractivity contribution in [1.82, 2.24) is 5.32 Å². The molecule has 0 unspecified atom stereocenters. The molecule has 1 saturated carbocycles. The molecular formula is C15H17NO5. The van der Waals surface area contributed by atoms with Gasteiger partial charge in [-0.1, -0.05) is 6.07 Å². The second-order valence-electron chi connectivity index (χ2n) is 5.44. The molecule has 1 aliphatic carbocycles. The van der Waals surface area contributed by atoms with Gasteiger partial charge >= 0.3 is 5.97 Å². The topological polar surface area (TPSA) is 84.9 Å². The van der Waals surface area contributed by atoms with Crippen molar-refractivity contribution < 1.29 is 24.2 Å². The highest BCUT2D eigenvalue weighted by molar-refractivity contribution is 5.88. The van der Waals surface area contributed by atoms with Crippen molar-refractivity contribution in [3.63, 3.8) is 0 Å². The number of hydrogen-bond acceptors (Lipinski definition) is 4. The van der Waals surface area contributed by atoms with Crippen LogP contribution in [0.2, 0.25) is 0 Å². The van der Waals surface area contributed by atoms with Gasteiger partial charge in [0.15, 0.2) is 11.5 Å². The molecule has 6 heteroatoms. The van der Waals surface area contributed by atoms with Gasteiger partial charge < -0.3 is 19.9 Å². The van der Waals surface area contributed by atoms with Gasteiger partial charge in [-0.25, -0.2) is 4.79 Å². The molecule has 0 atom stereocenters. The standard InChI is InChI=1S/C15H17NO5/c17-13(16-15(14(18)19)4-1-5-15)9-10-2-3-11-12(8-10)21-7-6-20-11/h2-3,8H,1,4-7,9H2,(H,16,17)(H,18,19). The highest BCUT2D eigenvalue weighted by atomic mass is 16.6. The summed E-state index contributed by atoms with van der Waals surface area (Å²) in [5.74, 6) is 0.0626. The Hall–Kier alpha value is -2.24. The summed E-state index contributed by atoms with van der Waals surface area (Å²) in [5, 5.41) is 11.9. The normalized spacial score (nSPS) is 18.5. The summed E-state index contributed by atoms with van der Waals surface area (Å²) in [6.45, 7) is 1.01. The Kier molecular flexibility index (Phi) is 3.45. The second kappa shape index (κ2) is 5.27. The quantitative estimate of drug-likeness (QED) is 0.868. The van der Waals surface area contributed by atoms with E-state index in [1.807, 2.05) is 0 Å². The number of carboxylic acids is 1. The number of amides is 1. The molecule has 6 nitrogen and oxygen atoms in total. The Bertz CT molecular complexity index is 579. The molecule has 0 aromatic heterocycles. The molecular weight excluding hydrogens is 274 g/mol. The predicted molar refractivity (Wildman–Crippen MR) is 73.5 cm³/mol. The molecule has 1 aromatic rings. The first-order valence-corrected chi connectivity index (χ1v) is 7.02. The third-order valence-electron chi connectivity index (χ3n) is 3.97. The van der Waals surface area contributed by atoms with Gasteiger partial charge in [0, 0.05) is 0 Å². The first-order valence-electron chi connectivity index (χ1n) is 7.02. The first kappa shape index (κ1) is 13.7. The van der Waals surface area contributed by atoms with Gasteiger partial charge in [-0.3, -0.25) is 4.79 Å². The van der Waals surface area contributed by atoms with Gasteiger partial charge in [0.1, 0.15) is 18.8 Å². The van der Waals surface area contributed by atoms with Crippen LogP contribution >= 0.6 is 0 Å². The molecule has 0 saturated heterocycles. The number of hydrogen-bond donors (Lipinski definition) is 2. The fourth-order valence-electron chi connectivity index (χ4n) is 2.62. The van der Waals surface area contributed by atoms with E-state index in [4.69, 9.17) is 9.47 Å². The summed E-state index contributed by atoms with van der Waals surface area (Å²) in [7, 11) is 0. The SMILES string of the molecule is O=C(Cc1ccc2c(c1)OCCO2)NC1(C(=O)O)CCC1. The van der Waals surface area contributed by atoms with E-state index in [0.717, 1.165) is 12.0 Å².